The lowest BCUT2D eigenvalue weighted by Gasteiger charge is -2.20. The van der Waals surface area contributed by atoms with Crippen LogP contribution in [0.2, 0.25) is 0 Å². The molecule has 0 saturated heterocycles. The predicted octanol–water partition coefficient (Wildman–Crippen LogP) is 3.90. The first-order valence-electron chi connectivity index (χ1n) is 9.59. The SMILES string of the molecule is CC(=O)N(C(=O)c1cccc([N+](=O)[O-])c1C(=O)OCCC(C)C)c1ccccc1[N+](=O)[O-]. The maximum atomic E-state index is 13.3. The zero-order chi connectivity index (χ0) is 24.0. The molecule has 2 aromatic rings. The average molecular weight is 443 g/mol. The molecule has 0 unspecified atom stereocenters. The number of hydrogen-bond acceptors (Lipinski definition) is 8. The van der Waals surface area contributed by atoms with Gasteiger partial charge in [0.2, 0.25) is 5.91 Å². The fourth-order valence-electron chi connectivity index (χ4n) is 2.89. The molecule has 0 spiro atoms. The van der Waals surface area contributed by atoms with Gasteiger partial charge in [0.1, 0.15) is 11.3 Å². The molecule has 0 fully saturated rings. The second-order valence-corrected chi connectivity index (χ2v) is 7.18. The standard InChI is InChI=1S/C21H21N3O8/c1-13(2)11-12-32-21(27)19-15(7-6-10-18(19)24(30)31)20(26)22(14(3)25)16-8-4-5-9-17(16)23(28)29/h4-10,13H,11-12H2,1-3H3. The minimum atomic E-state index is -1.13. The number of nitro benzene ring substituents is 2. The van der Waals surface area contributed by atoms with Gasteiger partial charge in [0.15, 0.2) is 0 Å². The summed E-state index contributed by atoms with van der Waals surface area (Å²) >= 11 is 0. The predicted molar refractivity (Wildman–Crippen MR) is 113 cm³/mol. The molecule has 0 atom stereocenters. The number of anilines is 1. The van der Waals surface area contributed by atoms with Gasteiger partial charge in [-0.25, -0.2) is 9.69 Å². The van der Waals surface area contributed by atoms with Gasteiger partial charge in [0, 0.05) is 19.1 Å². The van der Waals surface area contributed by atoms with Gasteiger partial charge in [-0.15, -0.1) is 0 Å². The molecule has 32 heavy (non-hydrogen) atoms. The minimum Gasteiger partial charge on any atom is -0.462 e. The van der Waals surface area contributed by atoms with Gasteiger partial charge >= 0.3 is 5.97 Å². The summed E-state index contributed by atoms with van der Waals surface area (Å²) in [6, 6.07) is 8.36. The molecule has 11 nitrogen and oxygen atoms in total. The maximum Gasteiger partial charge on any atom is 0.346 e. The van der Waals surface area contributed by atoms with Crippen molar-refractivity contribution in [3.8, 4) is 0 Å². The van der Waals surface area contributed by atoms with Crippen LogP contribution in [0.1, 0.15) is 47.9 Å². The number of hydrogen-bond donors (Lipinski definition) is 0. The molecule has 0 aliphatic heterocycles. The summed E-state index contributed by atoms with van der Waals surface area (Å²) in [5.74, 6) is -2.92. The molecule has 2 aromatic carbocycles. The van der Waals surface area contributed by atoms with Crippen LogP contribution >= 0.6 is 0 Å². The van der Waals surface area contributed by atoms with Crippen LogP contribution in [-0.2, 0) is 9.53 Å². The lowest BCUT2D eigenvalue weighted by molar-refractivity contribution is -0.385. The first-order valence-corrected chi connectivity index (χ1v) is 9.59. The van der Waals surface area contributed by atoms with Crippen LogP contribution in [0.25, 0.3) is 0 Å². The topological polar surface area (TPSA) is 150 Å². The van der Waals surface area contributed by atoms with Crippen LogP contribution < -0.4 is 4.90 Å². The number of nitro groups is 2. The van der Waals surface area contributed by atoms with Crippen molar-refractivity contribution in [3.05, 3.63) is 73.8 Å². The number of carbonyl (C=O) groups is 3. The number of carbonyl (C=O) groups excluding carboxylic acids is 3. The van der Waals surface area contributed by atoms with E-state index in [-0.39, 0.29) is 18.2 Å². The highest BCUT2D eigenvalue weighted by atomic mass is 16.6. The number of amides is 2. The minimum absolute atomic E-state index is 0.0310. The van der Waals surface area contributed by atoms with E-state index in [0.29, 0.717) is 11.3 Å². The summed E-state index contributed by atoms with van der Waals surface area (Å²) in [6.45, 7) is 4.76. The van der Waals surface area contributed by atoms with E-state index in [1.165, 1.54) is 24.3 Å². The number of esters is 1. The van der Waals surface area contributed by atoms with Crippen LogP contribution in [0, 0.1) is 26.1 Å². The highest BCUT2D eigenvalue weighted by Crippen LogP contribution is 2.31. The molecular weight excluding hydrogens is 422 g/mol. The fourth-order valence-corrected chi connectivity index (χ4v) is 2.89. The Morgan fingerprint density at radius 3 is 2.12 bits per heavy atom. The largest absolute Gasteiger partial charge is 0.462 e. The van der Waals surface area contributed by atoms with E-state index >= 15 is 0 Å². The Morgan fingerprint density at radius 1 is 0.969 bits per heavy atom. The molecule has 0 aromatic heterocycles. The van der Waals surface area contributed by atoms with E-state index in [1.807, 2.05) is 13.8 Å². The fraction of sp³-hybridized carbons (Fsp3) is 0.286. The van der Waals surface area contributed by atoms with Crippen LogP contribution in [0.15, 0.2) is 42.5 Å². The van der Waals surface area contributed by atoms with Crippen molar-refractivity contribution in [2.45, 2.75) is 27.2 Å². The van der Waals surface area contributed by atoms with Crippen LogP contribution in [0.3, 0.4) is 0 Å². The normalized spacial score (nSPS) is 10.5. The van der Waals surface area contributed by atoms with E-state index in [4.69, 9.17) is 4.74 Å². The second-order valence-electron chi connectivity index (χ2n) is 7.18. The van der Waals surface area contributed by atoms with Crippen LogP contribution in [0.5, 0.6) is 0 Å². The highest BCUT2D eigenvalue weighted by molar-refractivity contribution is 6.24. The van der Waals surface area contributed by atoms with Gasteiger partial charge < -0.3 is 4.74 Å². The van der Waals surface area contributed by atoms with Gasteiger partial charge in [0.05, 0.1) is 22.0 Å². The summed E-state index contributed by atoms with van der Waals surface area (Å²) in [5, 5.41) is 22.9. The molecule has 0 aliphatic rings. The van der Waals surface area contributed by atoms with Crippen LogP contribution in [-0.4, -0.2) is 34.2 Å². The smallest absolute Gasteiger partial charge is 0.346 e. The molecule has 0 N–H and O–H groups in total. The quantitative estimate of drug-likeness (QED) is 0.338. The van der Waals surface area contributed by atoms with Gasteiger partial charge in [-0.3, -0.25) is 29.8 Å². The first-order chi connectivity index (χ1) is 15.1. The van der Waals surface area contributed by atoms with Crippen molar-refractivity contribution in [1.29, 1.82) is 0 Å². The lowest BCUT2D eigenvalue weighted by atomic mass is 10.0. The van der Waals surface area contributed by atoms with Crippen molar-refractivity contribution in [2.24, 2.45) is 5.92 Å². The summed E-state index contributed by atoms with van der Waals surface area (Å²) < 4.78 is 5.12. The second kappa shape index (κ2) is 10.2. The molecule has 0 bridgehead atoms. The molecule has 0 aliphatic carbocycles. The van der Waals surface area contributed by atoms with E-state index in [0.717, 1.165) is 25.1 Å². The Hall–Kier alpha value is -4.15. The monoisotopic (exact) mass is 443 g/mol. The van der Waals surface area contributed by atoms with E-state index in [9.17, 15) is 34.6 Å². The molecular formula is C21H21N3O8. The molecule has 11 heteroatoms. The number of nitrogens with zero attached hydrogens (tertiary/aromatic N) is 3. The lowest BCUT2D eigenvalue weighted by Crippen LogP contribution is -2.36. The molecule has 0 radical (unpaired) electrons. The Bertz CT molecular complexity index is 1080. The number of benzene rings is 2. The number of ether oxygens (including phenoxy) is 1. The molecule has 2 rings (SSSR count). The van der Waals surface area contributed by atoms with Gasteiger partial charge in [-0.1, -0.05) is 32.0 Å². The van der Waals surface area contributed by atoms with E-state index in [2.05, 4.69) is 0 Å². The third kappa shape index (κ3) is 5.31. The van der Waals surface area contributed by atoms with Crippen molar-refractivity contribution < 1.29 is 29.0 Å². The summed E-state index contributed by atoms with van der Waals surface area (Å²) in [6.07, 6.45) is 0.491. The van der Waals surface area contributed by atoms with Crippen molar-refractivity contribution in [1.82, 2.24) is 0 Å². The van der Waals surface area contributed by atoms with Gasteiger partial charge in [-0.05, 0) is 24.5 Å². The Kier molecular flexibility index (Phi) is 7.72. The molecule has 168 valence electrons. The first kappa shape index (κ1) is 24.1. The van der Waals surface area contributed by atoms with Crippen molar-refractivity contribution >= 4 is 34.8 Å². The Labute approximate surface area is 182 Å². The highest BCUT2D eigenvalue weighted by Gasteiger charge is 2.34. The number of rotatable bonds is 8. The zero-order valence-corrected chi connectivity index (χ0v) is 17.6. The van der Waals surface area contributed by atoms with Crippen LogP contribution in [0.4, 0.5) is 17.1 Å². The Balaban J connectivity index is 2.62. The van der Waals surface area contributed by atoms with E-state index < -0.39 is 50.1 Å². The molecule has 0 saturated carbocycles. The summed E-state index contributed by atoms with van der Waals surface area (Å²) in [5.41, 5.74) is -2.65. The number of para-hydroxylation sites is 2. The summed E-state index contributed by atoms with van der Waals surface area (Å²) in [7, 11) is 0. The van der Waals surface area contributed by atoms with Gasteiger partial charge in [0.25, 0.3) is 17.3 Å². The third-order valence-corrected chi connectivity index (χ3v) is 4.44. The zero-order valence-electron chi connectivity index (χ0n) is 17.6. The van der Waals surface area contributed by atoms with E-state index in [1.54, 1.807) is 0 Å². The Morgan fingerprint density at radius 2 is 1.56 bits per heavy atom. The van der Waals surface area contributed by atoms with Crippen molar-refractivity contribution in [3.63, 3.8) is 0 Å². The number of imide groups is 1. The molecule has 2 amide bonds. The average Bonchev–Trinajstić information content (AvgIpc) is 2.72. The van der Waals surface area contributed by atoms with Crippen molar-refractivity contribution in [2.75, 3.05) is 11.5 Å². The van der Waals surface area contributed by atoms with Gasteiger partial charge in [-0.2, -0.15) is 0 Å². The maximum absolute atomic E-state index is 13.3. The molecule has 0 heterocycles. The third-order valence-electron chi connectivity index (χ3n) is 4.44. The summed E-state index contributed by atoms with van der Waals surface area (Å²) in [4.78, 5) is 60.1.